The number of nitrogens with one attached hydrogen (secondary N) is 1. The largest absolute Gasteiger partial charge is 0.326 e. The minimum atomic E-state index is -0.714. The van der Waals surface area contributed by atoms with E-state index in [1.807, 2.05) is 30.3 Å². The fourth-order valence-electron chi connectivity index (χ4n) is 5.49. The number of rotatable bonds is 6. The molecule has 1 aliphatic heterocycles. The summed E-state index contributed by atoms with van der Waals surface area (Å²) in [5, 5.41) is 13.6. The van der Waals surface area contributed by atoms with Gasteiger partial charge in [-0.3, -0.25) is 29.4 Å². The number of carbonyl (C=O) groups excluding carboxylic acids is 3. The number of hydrogen-bond donors (Lipinski definition) is 1. The molecule has 8 heteroatoms. The van der Waals surface area contributed by atoms with Crippen molar-refractivity contribution in [1.29, 1.82) is 0 Å². The van der Waals surface area contributed by atoms with Crippen molar-refractivity contribution in [1.82, 2.24) is 4.90 Å². The number of non-ortho nitro benzene ring substituents is 1. The number of nitro benzene ring substituents is 1. The lowest BCUT2D eigenvalue weighted by Gasteiger charge is -2.38. The van der Waals surface area contributed by atoms with Crippen molar-refractivity contribution in [3.8, 4) is 0 Å². The number of imide groups is 1. The van der Waals surface area contributed by atoms with Crippen LogP contribution in [0.2, 0.25) is 0 Å². The molecule has 0 radical (unpaired) electrons. The number of allylic oxidation sites excluding steroid dienone is 2. The van der Waals surface area contributed by atoms with E-state index in [0.717, 1.165) is 18.4 Å². The van der Waals surface area contributed by atoms with Crippen LogP contribution in [0.5, 0.6) is 0 Å². The molecule has 5 atom stereocenters. The van der Waals surface area contributed by atoms with Crippen molar-refractivity contribution < 1.29 is 19.3 Å². The fourth-order valence-corrected chi connectivity index (χ4v) is 5.49. The van der Waals surface area contributed by atoms with Crippen molar-refractivity contribution in [3.63, 3.8) is 0 Å². The summed E-state index contributed by atoms with van der Waals surface area (Å²) >= 11 is 0. The number of fused-ring (bicyclic) bond motifs is 1. The van der Waals surface area contributed by atoms with Crippen molar-refractivity contribution in [3.05, 3.63) is 82.4 Å². The van der Waals surface area contributed by atoms with Crippen LogP contribution in [0, 0.1) is 33.8 Å². The van der Waals surface area contributed by atoms with E-state index in [4.69, 9.17) is 0 Å². The van der Waals surface area contributed by atoms with E-state index in [2.05, 4.69) is 17.5 Å². The van der Waals surface area contributed by atoms with Crippen LogP contribution in [0.15, 0.2) is 66.7 Å². The Hall–Kier alpha value is -3.81. The van der Waals surface area contributed by atoms with E-state index in [-0.39, 0.29) is 53.5 Å². The number of amides is 3. The molecule has 33 heavy (non-hydrogen) atoms. The van der Waals surface area contributed by atoms with Gasteiger partial charge in [-0.05, 0) is 42.4 Å². The lowest BCUT2D eigenvalue weighted by molar-refractivity contribution is -0.384. The third-order valence-corrected chi connectivity index (χ3v) is 7.03. The standard InChI is InChI=1S/C25H23N3O5/c29-21(26-18-10-12-19(13-11-18)28(32)33)14-20(15-4-2-1-3-5-15)27-24(30)22-16-6-7-17(9-8-16)23(22)25(27)31/h1-7,10-13,16-17,20,22-23H,8-9,14H2,(H,26,29)/t16-,17-,20+,22+,23+/m0/s1. The van der Waals surface area contributed by atoms with Crippen LogP contribution >= 0.6 is 0 Å². The fraction of sp³-hybridized carbons (Fsp3) is 0.320. The van der Waals surface area contributed by atoms with Crippen molar-refractivity contribution in [2.75, 3.05) is 5.32 Å². The molecule has 8 nitrogen and oxygen atoms in total. The Morgan fingerprint density at radius 2 is 1.55 bits per heavy atom. The molecule has 168 valence electrons. The monoisotopic (exact) mass is 445 g/mol. The van der Waals surface area contributed by atoms with Crippen LogP contribution < -0.4 is 5.32 Å². The summed E-state index contributed by atoms with van der Waals surface area (Å²) in [6, 6.07) is 13.9. The van der Waals surface area contributed by atoms with Crippen molar-refractivity contribution >= 4 is 29.1 Å². The Balaban J connectivity index is 1.40. The van der Waals surface area contributed by atoms with Crippen LogP contribution in [0.4, 0.5) is 11.4 Å². The van der Waals surface area contributed by atoms with Crippen LogP contribution in [0.1, 0.15) is 30.9 Å². The van der Waals surface area contributed by atoms with Crippen molar-refractivity contribution in [2.24, 2.45) is 23.7 Å². The average Bonchev–Trinajstić information content (AvgIpc) is 3.11. The molecule has 1 saturated carbocycles. The second-order valence-electron chi connectivity index (χ2n) is 8.87. The van der Waals surface area contributed by atoms with Gasteiger partial charge in [0.15, 0.2) is 0 Å². The van der Waals surface area contributed by atoms with Gasteiger partial charge in [0.2, 0.25) is 17.7 Å². The summed E-state index contributed by atoms with van der Waals surface area (Å²) in [4.78, 5) is 51.5. The second kappa shape index (κ2) is 8.27. The molecule has 2 fully saturated rings. The molecular formula is C25H23N3O5. The zero-order chi connectivity index (χ0) is 23.1. The Bertz CT molecular complexity index is 1110. The molecule has 1 N–H and O–H groups in total. The number of hydrogen-bond acceptors (Lipinski definition) is 5. The number of anilines is 1. The van der Waals surface area contributed by atoms with E-state index in [1.54, 1.807) is 0 Å². The minimum Gasteiger partial charge on any atom is -0.326 e. The SMILES string of the molecule is O=C(C[C@H](c1ccccc1)N1C(=O)[C@H]2[C@H](C1=O)[C@H]1C=C[C@H]2CC1)Nc1ccc([N+](=O)[O-])cc1. The number of nitrogens with zero attached hydrogens (tertiary/aromatic N) is 2. The second-order valence-corrected chi connectivity index (χ2v) is 8.87. The van der Waals surface area contributed by atoms with Gasteiger partial charge in [-0.2, -0.15) is 0 Å². The average molecular weight is 445 g/mol. The van der Waals surface area contributed by atoms with Crippen LogP contribution in [0.25, 0.3) is 0 Å². The van der Waals surface area contributed by atoms with Crippen LogP contribution in [-0.4, -0.2) is 27.5 Å². The zero-order valence-electron chi connectivity index (χ0n) is 17.8. The highest BCUT2D eigenvalue weighted by Gasteiger charge is 2.58. The van der Waals surface area contributed by atoms with Gasteiger partial charge in [0.05, 0.1) is 29.2 Å². The first-order valence-electron chi connectivity index (χ1n) is 11.1. The molecule has 4 aliphatic rings. The lowest BCUT2D eigenvalue weighted by Crippen LogP contribution is -2.38. The van der Waals surface area contributed by atoms with Crippen molar-refractivity contribution in [2.45, 2.75) is 25.3 Å². The first-order chi connectivity index (χ1) is 15.9. The van der Waals surface area contributed by atoms with Gasteiger partial charge in [-0.15, -0.1) is 0 Å². The summed E-state index contributed by atoms with van der Waals surface area (Å²) in [5.41, 5.74) is 1.05. The molecule has 2 bridgehead atoms. The molecule has 0 unspecified atom stereocenters. The molecule has 0 aromatic heterocycles. The topological polar surface area (TPSA) is 110 Å². The number of carbonyl (C=O) groups is 3. The number of benzene rings is 2. The first kappa shape index (κ1) is 21.1. The highest BCUT2D eigenvalue weighted by atomic mass is 16.6. The summed E-state index contributed by atoms with van der Waals surface area (Å²) in [6.45, 7) is 0. The zero-order valence-corrected chi connectivity index (χ0v) is 17.8. The number of likely N-dealkylation sites (tertiary alicyclic amines) is 1. The first-order valence-corrected chi connectivity index (χ1v) is 11.1. The molecule has 3 amide bonds. The summed E-state index contributed by atoms with van der Waals surface area (Å²) in [7, 11) is 0. The highest BCUT2D eigenvalue weighted by molar-refractivity contribution is 6.07. The normalized spacial score (nSPS) is 26.2. The van der Waals surface area contributed by atoms with E-state index < -0.39 is 11.0 Å². The minimum absolute atomic E-state index is 0.0748. The van der Waals surface area contributed by atoms with E-state index in [9.17, 15) is 24.5 Å². The van der Waals surface area contributed by atoms with Gasteiger partial charge in [-0.25, -0.2) is 0 Å². The van der Waals surface area contributed by atoms with Crippen LogP contribution in [-0.2, 0) is 14.4 Å². The Morgan fingerprint density at radius 3 is 2.06 bits per heavy atom. The molecule has 1 saturated heterocycles. The molecule has 6 rings (SSSR count). The quantitative estimate of drug-likeness (QED) is 0.314. The lowest BCUT2D eigenvalue weighted by atomic mass is 9.63. The predicted octanol–water partition coefficient (Wildman–Crippen LogP) is 3.86. The Morgan fingerprint density at radius 1 is 0.970 bits per heavy atom. The highest BCUT2D eigenvalue weighted by Crippen LogP contribution is 2.51. The van der Waals surface area contributed by atoms with Crippen LogP contribution in [0.3, 0.4) is 0 Å². The molecule has 2 aromatic carbocycles. The maximum Gasteiger partial charge on any atom is 0.269 e. The molecular weight excluding hydrogens is 422 g/mol. The van der Waals surface area contributed by atoms with E-state index in [0.29, 0.717) is 5.69 Å². The molecule has 1 heterocycles. The van der Waals surface area contributed by atoms with Gasteiger partial charge in [0, 0.05) is 17.8 Å². The summed E-state index contributed by atoms with van der Waals surface area (Å²) in [6.07, 6.45) is 5.87. The van der Waals surface area contributed by atoms with Gasteiger partial charge in [0.25, 0.3) is 5.69 Å². The van der Waals surface area contributed by atoms with E-state index in [1.165, 1.54) is 29.2 Å². The maximum atomic E-state index is 13.5. The summed E-state index contributed by atoms with van der Waals surface area (Å²) < 4.78 is 0. The summed E-state index contributed by atoms with van der Waals surface area (Å²) in [5.74, 6) is -1.30. The molecule has 0 spiro atoms. The third kappa shape index (κ3) is 3.71. The van der Waals surface area contributed by atoms with E-state index >= 15 is 0 Å². The van der Waals surface area contributed by atoms with Gasteiger partial charge >= 0.3 is 0 Å². The van der Waals surface area contributed by atoms with Gasteiger partial charge in [0.1, 0.15) is 0 Å². The Labute approximate surface area is 190 Å². The molecule has 3 aliphatic carbocycles. The smallest absolute Gasteiger partial charge is 0.269 e. The number of nitro groups is 1. The maximum absolute atomic E-state index is 13.5. The predicted molar refractivity (Wildman–Crippen MR) is 120 cm³/mol. The third-order valence-electron chi connectivity index (χ3n) is 7.03. The molecule has 2 aromatic rings. The van der Waals surface area contributed by atoms with Gasteiger partial charge < -0.3 is 5.32 Å². The Kier molecular flexibility index (Phi) is 5.28. The van der Waals surface area contributed by atoms with Gasteiger partial charge in [-0.1, -0.05) is 42.5 Å².